The Hall–Kier alpha value is -2.74. The molecule has 5 nitrogen and oxygen atoms in total. The number of rotatable bonds is 4. The number of carboxylic acid groups (broad SMARTS) is 1. The molecule has 0 amide bonds. The Morgan fingerprint density at radius 1 is 1.37 bits per heavy atom. The zero-order valence-corrected chi connectivity index (χ0v) is 10.00. The van der Waals surface area contributed by atoms with Crippen molar-refractivity contribution in [3.8, 4) is 6.07 Å². The van der Waals surface area contributed by atoms with Gasteiger partial charge in [0.25, 0.3) is 0 Å². The van der Waals surface area contributed by atoms with E-state index in [0.717, 1.165) is 5.56 Å². The average molecular weight is 257 g/mol. The van der Waals surface area contributed by atoms with Crippen LogP contribution in [0.4, 0.5) is 0 Å². The van der Waals surface area contributed by atoms with Crippen molar-refractivity contribution in [2.24, 2.45) is 0 Å². The first-order chi connectivity index (χ1) is 9.22. The topological polar surface area (TPSA) is 79.6 Å². The number of nitrogens with zero attached hydrogens (tertiary/aromatic N) is 1. The Balaban J connectivity index is 2.41. The first-order valence-corrected chi connectivity index (χ1v) is 5.57. The highest BCUT2D eigenvalue weighted by Crippen LogP contribution is 2.24. The van der Waals surface area contributed by atoms with Crippen LogP contribution in [0.25, 0.3) is 0 Å². The monoisotopic (exact) mass is 257 g/mol. The summed E-state index contributed by atoms with van der Waals surface area (Å²) in [6.45, 7) is 0.0337. The lowest BCUT2D eigenvalue weighted by atomic mass is 9.99. The summed E-state index contributed by atoms with van der Waals surface area (Å²) in [5.74, 6) is -0.979. The van der Waals surface area contributed by atoms with E-state index in [0.29, 0.717) is 17.8 Å². The molecule has 0 aliphatic carbocycles. The van der Waals surface area contributed by atoms with Crippen molar-refractivity contribution in [3.63, 3.8) is 0 Å². The van der Waals surface area contributed by atoms with Crippen molar-refractivity contribution in [2.45, 2.75) is 6.42 Å². The molecular weight excluding hydrogens is 246 g/mol. The van der Waals surface area contributed by atoms with Gasteiger partial charge in [0.1, 0.15) is 17.9 Å². The van der Waals surface area contributed by atoms with Crippen molar-refractivity contribution >= 4 is 5.97 Å². The minimum atomic E-state index is -1.27. The fourth-order valence-corrected chi connectivity index (χ4v) is 1.74. The molecule has 0 saturated carbocycles. The van der Waals surface area contributed by atoms with E-state index in [1.54, 1.807) is 6.07 Å². The molecule has 0 spiro atoms. The van der Waals surface area contributed by atoms with Crippen LogP contribution in [0.15, 0.2) is 53.5 Å². The third kappa shape index (κ3) is 2.93. The Kier molecular flexibility index (Phi) is 3.84. The molecule has 96 valence electrons. The van der Waals surface area contributed by atoms with E-state index in [4.69, 9.17) is 19.8 Å². The summed E-state index contributed by atoms with van der Waals surface area (Å²) in [6.07, 6.45) is 1.63. The van der Waals surface area contributed by atoms with Crippen molar-refractivity contribution in [1.29, 1.82) is 5.26 Å². The zero-order valence-electron chi connectivity index (χ0n) is 10.00. The van der Waals surface area contributed by atoms with Gasteiger partial charge in [-0.3, -0.25) is 0 Å². The summed E-state index contributed by atoms with van der Waals surface area (Å²) >= 11 is 0. The second-order valence-corrected chi connectivity index (χ2v) is 3.84. The van der Waals surface area contributed by atoms with Crippen LogP contribution < -0.4 is 0 Å². The molecular formula is C14H11NO4. The lowest BCUT2D eigenvalue weighted by Crippen LogP contribution is -2.07. The molecule has 0 bridgehead atoms. The molecule has 1 aliphatic heterocycles. The van der Waals surface area contributed by atoms with Gasteiger partial charge in [0.2, 0.25) is 6.79 Å². The molecule has 0 radical (unpaired) electrons. The molecule has 1 aromatic rings. The Morgan fingerprint density at radius 2 is 2.11 bits per heavy atom. The molecule has 19 heavy (non-hydrogen) atoms. The van der Waals surface area contributed by atoms with Gasteiger partial charge in [-0.25, -0.2) is 4.79 Å². The van der Waals surface area contributed by atoms with E-state index in [9.17, 15) is 4.79 Å². The van der Waals surface area contributed by atoms with Crippen LogP contribution in [0, 0.1) is 11.3 Å². The van der Waals surface area contributed by atoms with E-state index >= 15 is 0 Å². The second kappa shape index (κ2) is 5.74. The lowest BCUT2D eigenvalue weighted by molar-refractivity contribution is -0.132. The van der Waals surface area contributed by atoms with Gasteiger partial charge < -0.3 is 14.6 Å². The summed E-state index contributed by atoms with van der Waals surface area (Å²) in [4.78, 5) is 11.1. The van der Waals surface area contributed by atoms with E-state index < -0.39 is 5.97 Å². The van der Waals surface area contributed by atoms with Crippen molar-refractivity contribution < 1.29 is 19.4 Å². The molecule has 1 N–H and O–H groups in total. The van der Waals surface area contributed by atoms with Gasteiger partial charge in [0.05, 0.1) is 0 Å². The third-order valence-electron chi connectivity index (χ3n) is 2.62. The fraction of sp³-hybridized carbons (Fsp3) is 0.143. The number of allylic oxidation sites excluding steroid dienone is 1. The molecule has 0 fully saturated rings. The number of ether oxygens (including phenoxy) is 2. The summed E-state index contributed by atoms with van der Waals surface area (Å²) in [6, 6.07) is 11.0. The number of carboxylic acids is 1. The highest BCUT2D eigenvalue weighted by molar-refractivity contribution is 5.93. The summed E-state index contributed by atoms with van der Waals surface area (Å²) in [7, 11) is 0. The molecule has 0 unspecified atom stereocenters. The van der Waals surface area contributed by atoms with Crippen molar-refractivity contribution in [2.75, 3.05) is 6.79 Å². The quantitative estimate of drug-likeness (QED) is 0.659. The summed E-state index contributed by atoms with van der Waals surface area (Å²) in [5, 5.41) is 18.1. The van der Waals surface area contributed by atoms with Gasteiger partial charge in [-0.05, 0) is 5.56 Å². The third-order valence-corrected chi connectivity index (χ3v) is 2.62. The lowest BCUT2D eigenvalue weighted by Gasteiger charge is -2.08. The van der Waals surface area contributed by atoms with Crippen LogP contribution in [0.2, 0.25) is 0 Å². The van der Waals surface area contributed by atoms with Crippen molar-refractivity contribution in [3.05, 3.63) is 59.1 Å². The largest absolute Gasteiger partial charge is 0.477 e. The zero-order chi connectivity index (χ0) is 13.7. The number of hydrogen-bond donors (Lipinski definition) is 1. The van der Waals surface area contributed by atoms with Gasteiger partial charge in [0, 0.05) is 12.0 Å². The number of nitriles is 1. The molecule has 1 heterocycles. The number of benzene rings is 1. The predicted octanol–water partition coefficient (Wildman–Crippen LogP) is 1.98. The fourth-order valence-electron chi connectivity index (χ4n) is 1.74. The molecule has 0 saturated heterocycles. The molecule has 1 aliphatic rings. The van der Waals surface area contributed by atoms with Crippen molar-refractivity contribution in [1.82, 2.24) is 0 Å². The van der Waals surface area contributed by atoms with E-state index in [1.165, 1.54) is 6.26 Å². The first-order valence-electron chi connectivity index (χ1n) is 5.57. The number of carbonyl (C=O) groups is 1. The maximum Gasteiger partial charge on any atom is 0.346 e. The molecule has 2 rings (SSSR count). The first kappa shape index (κ1) is 12.7. The van der Waals surface area contributed by atoms with E-state index in [1.807, 2.05) is 30.3 Å². The Bertz CT molecular complexity index is 581. The van der Waals surface area contributed by atoms with E-state index in [2.05, 4.69) is 0 Å². The Morgan fingerprint density at radius 3 is 2.63 bits per heavy atom. The van der Waals surface area contributed by atoms with Crippen LogP contribution >= 0.6 is 0 Å². The standard InChI is InChI=1S/C14H11NO4/c15-7-12(14(16)17)11(13-8-18-9-19-13)6-10-4-2-1-3-5-10/h1-5,8H,6,9H2,(H,16,17). The minimum Gasteiger partial charge on any atom is -0.477 e. The molecule has 0 aromatic heterocycles. The highest BCUT2D eigenvalue weighted by Gasteiger charge is 2.22. The highest BCUT2D eigenvalue weighted by atomic mass is 16.7. The maximum atomic E-state index is 11.1. The van der Waals surface area contributed by atoms with Crippen LogP contribution in [-0.2, 0) is 20.7 Å². The number of hydrogen-bond acceptors (Lipinski definition) is 4. The maximum absolute atomic E-state index is 11.1. The van der Waals surface area contributed by atoms with Crippen LogP contribution in [0.1, 0.15) is 5.56 Å². The average Bonchev–Trinajstić information content (AvgIpc) is 2.93. The smallest absolute Gasteiger partial charge is 0.346 e. The number of aliphatic carboxylic acids is 1. The summed E-state index contributed by atoms with van der Waals surface area (Å²) in [5.41, 5.74) is 0.877. The van der Waals surface area contributed by atoms with Gasteiger partial charge in [0.15, 0.2) is 5.76 Å². The van der Waals surface area contributed by atoms with Crippen LogP contribution in [0.3, 0.4) is 0 Å². The summed E-state index contributed by atoms with van der Waals surface area (Å²) < 4.78 is 10.1. The van der Waals surface area contributed by atoms with Crippen LogP contribution in [0.5, 0.6) is 0 Å². The minimum absolute atomic E-state index is 0.0337. The van der Waals surface area contributed by atoms with Crippen LogP contribution in [-0.4, -0.2) is 17.9 Å². The normalized spacial score (nSPS) is 14.6. The SMILES string of the molecule is N#CC(C(=O)O)=C(Cc1ccccc1)C1=COCO1. The van der Waals surface area contributed by atoms with Gasteiger partial charge in [-0.2, -0.15) is 5.26 Å². The molecule has 5 heteroatoms. The van der Waals surface area contributed by atoms with Gasteiger partial charge >= 0.3 is 5.97 Å². The molecule has 1 aromatic carbocycles. The Labute approximate surface area is 110 Å². The van der Waals surface area contributed by atoms with E-state index in [-0.39, 0.29) is 12.4 Å². The predicted molar refractivity (Wildman–Crippen MR) is 65.5 cm³/mol. The molecule has 0 atom stereocenters. The van der Waals surface area contributed by atoms with Gasteiger partial charge in [-0.1, -0.05) is 30.3 Å². The second-order valence-electron chi connectivity index (χ2n) is 3.84. The van der Waals surface area contributed by atoms with Gasteiger partial charge in [-0.15, -0.1) is 0 Å².